The Morgan fingerprint density at radius 2 is 1.91 bits per heavy atom. The molecule has 34 heavy (non-hydrogen) atoms. The van der Waals surface area contributed by atoms with Gasteiger partial charge in [-0.15, -0.1) is 11.3 Å². The number of nitrogens with one attached hydrogen (secondary N) is 1. The molecule has 0 bridgehead atoms. The lowest BCUT2D eigenvalue weighted by Gasteiger charge is -2.10. The highest BCUT2D eigenvalue weighted by Crippen LogP contribution is 2.39. The second-order valence-electron chi connectivity index (χ2n) is 7.06. The Balaban J connectivity index is 1.54. The van der Waals surface area contributed by atoms with Crippen molar-refractivity contribution >= 4 is 56.7 Å². The van der Waals surface area contributed by atoms with E-state index in [1.807, 2.05) is 0 Å². The van der Waals surface area contributed by atoms with Crippen LogP contribution in [0.15, 0.2) is 37.8 Å². The van der Waals surface area contributed by atoms with Gasteiger partial charge < -0.3 is 14.5 Å². The van der Waals surface area contributed by atoms with Gasteiger partial charge in [-0.3, -0.25) is 18.7 Å². The van der Waals surface area contributed by atoms with Gasteiger partial charge in [0.15, 0.2) is 10.9 Å². The van der Waals surface area contributed by atoms with E-state index in [2.05, 4.69) is 15.0 Å². The van der Waals surface area contributed by atoms with Crippen LogP contribution in [-0.2, 0) is 25.3 Å². The molecule has 1 N–H and O–H groups in total. The lowest BCUT2D eigenvalue weighted by molar-refractivity contribution is -0.115. The van der Waals surface area contributed by atoms with Crippen molar-refractivity contribution in [2.24, 2.45) is 14.1 Å². The number of nitrogens with zero attached hydrogens (tertiary/aromatic N) is 3. The number of carbonyl (C=O) groups excluding carboxylic acids is 1. The van der Waals surface area contributed by atoms with Gasteiger partial charge in [0.25, 0.3) is 5.56 Å². The number of furan rings is 1. The number of rotatable bonds is 6. The van der Waals surface area contributed by atoms with Gasteiger partial charge in [0.2, 0.25) is 11.6 Å². The first-order chi connectivity index (χ1) is 16.1. The van der Waals surface area contributed by atoms with E-state index in [0.717, 1.165) is 15.9 Å². The standard InChI is InChI=1S/C20H14Cl2F2N4O5S/c1-27-16(30)14-9(6-32-17(14)28(2)20(27)31)5-13(29)26-19-25-12(7-34-19)8-3-10(21)15(11(22)4-8)33-18(23)24/h3-4,6-7,18H,5H2,1-2H3,(H,25,26,29). The average molecular weight is 531 g/mol. The second kappa shape index (κ2) is 9.20. The highest BCUT2D eigenvalue weighted by Gasteiger charge is 2.20. The van der Waals surface area contributed by atoms with Gasteiger partial charge in [-0.2, -0.15) is 8.78 Å². The van der Waals surface area contributed by atoms with Gasteiger partial charge in [0.1, 0.15) is 5.39 Å². The molecule has 1 amide bonds. The third-order valence-corrected chi connectivity index (χ3v) is 6.17. The molecule has 0 aliphatic heterocycles. The first-order valence-electron chi connectivity index (χ1n) is 9.42. The Labute approximate surface area is 203 Å². The van der Waals surface area contributed by atoms with Crippen molar-refractivity contribution < 1.29 is 22.7 Å². The lowest BCUT2D eigenvalue weighted by atomic mass is 10.1. The fourth-order valence-corrected chi connectivity index (χ4v) is 4.58. The van der Waals surface area contributed by atoms with Gasteiger partial charge in [-0.25, -0.2) is 9.78 Å². The Morgan fingerprint density at radius 3 is 2.56 bits per heavy atom. The number of benzene rings is 1. The molecule has 0 spiro atoms. The molecule has 0 fully saturated rings. The number of halogens is 4. The molecule has 1 aromatic carbocycles. The van der Waals surface area contributed by atoms with Crippen molar-refractivity contribution in [1.82, 2.24) is 14.1 Å². The minimum atomic E-state index is -3.08. The summed E-state index contributed by atoms with van der Waals surface area (Å²) in [4.78, 5) is 41.4. The summed E-state index contributed by atoms with van der Waals surface area (Å²) in [6.07, 6.45) is 1.05. The van der Waals surface area contributed by atoms with Gasteiger partial charge in [-0.1, -0.05) is 23.2 Å². The lowest BCUT2D eigenvalue weighted by Crippen LogP contribution is -2.36. The molecule has 0 radical (unpaired) electrons. The molecule has 0 saturated carbocycles. The van der Waals surface area contributed by atoms with Crippen LogP contribution in [0.5, 0.6) is 5.75 Å². The molecule has 4 aromatic rings. The van der Waals surface area contributed by atoms with E-state index in [-0.39, 0.29) is 38.4 Å². The second-order valence-corrected chi connectivity index (χ2v) is 8.73. The molecule has 3 aromatic heterocycles. The first-order valence-corrected chi connectivity index (χ1v) is 11.1. The number of ether oxygens (including phenoxy) is 1. The van der Waals surface area contributed by atoms with Crippen LogP contribution in [-0.4, -0.2) is 26.6 Å². The molecule has 9 nitrogen and oxygen atoms in total. The summed E-state index contributed by atoms with van der Waals surface area (Å²) in [6.45, 7) is -3.08. The van der Waals surface area contributed by atoms with Crippen molar-refractivity contribution in [3.05, 3.63) is 60.2 Å². The maximum atomic E-state index is 12.6. The molecule has 4 rings (SSSR count). The van der Waals surface area contributed by atoms with Crippen LogP contribution >= 0.6 is 34.5 Å². The van der Waals surface area contributed by atoms with Crippen LogP contribution in [0, 0.1) is 0 Å². The highest BCUT2D eigenvalue weighted by molar-refractivity contribution is 7.14. The Morgan fingerprint density at radius 1 is 1.24 bits per heavy atom. The van der Waals surface area contributed by atoms with Crippen molar-refractivity contribution in [3.63, 3.8) is 0 Å². The molecule has 0 atom stereocenters. The van der Waals surface area contributed by atoms with Crippen LogP contribution in [0.2, 0.25) is 10.0 Å². The largest absolute Gasteiger partial charge is 0.447 e. The minimum absolute atomic E-state index is 0.0699. The van der Waals surface area contributed by atoms with Gasteiger partial charge in [0, 0.05) is 30.6 Å². The molecule has 0 unspecified atom stereocenters. The Kier molecular flexibility index (Phi) is 6.47. The number of alkyl halides is 2. The van der Waals surface area contributed by atoms with Crippen LogP contribution in [0.4, 0.5) is 13.9 Å². The minimum Gasteiger partial charge on any atom is -0.447 e. The van der Waals surface area contributed by atoms with Crippen molar-refractivity contribution in [2.45, 2.75) is 13.0 Å². The number of aryl methyl sites for hydroxylation is 1. The van der Waals surface area contributed by atoms with Crippen LogP contribution in [0.3, 0.4) is 0 Å². The molecule has 14 heteroatoms. The predicted molar refractivity (Wildman–Crippen MR) is 123 cm³/mol. The van der Waals surface area contributed by atoms with Crippen LogP contribution < -0.4 is 21.3 Å². The van der Waals surface area contributed by atoms with E-state index < -0.39 is 23.8 Å². The van der Waals surface area contributed by atoms with E-state index in [1.165, 1.54) is 37.1 Å². The number of anilines is 1. The van der Waals surface area contributed by atoms with Crippen LogP contribution in [0.25, 0.3) is 22.4 Å². The zero-order valence-corrected chi connectivity index (χ0v) is 19.7. The molecule has 0 aliphatic carbocycles. The number of fused-ring (bicyclic) bond motifs is 1. The maximum absolute atomic E-state index is 12.6. The Hall–Kier alpha value is -3.22. The predicted octanol–water partition coefficient (Wildman–Crippen LogP) is 4.04. The zero-order valence-electron chi connectivity index (χ0n) is 17.4. The third-order valence-electron chi connectivity index (χ3n) is 4.85. The van der Waals surface area contributed by atoms with Gasteiger partial charge >= 0.3 is 12.3 Å². The van der Waals surface area contributed by atoms with Gasteiger partial charge in [0.05, 0.1) is 28.4 Å². The number of amides is 1. The summed E-state index contributed by atoms with van der Waals surface area (Å²) < 4.78 is 36.8. The van der Waals surface area contributed by atoms with Crippen molar-refractivity contribution in [2.75, 3.05) is 5.32 Å². The third kappa shape index (κ3) is 4.43. The topological polar surface area (TPSA) is 108 Å². The van der Waals surface area contributed by atoms with E-state index in [1.54, 1.807) is 5.38 Å². The smallest absolute Gasteiger partial charge is 0.387 e. The monoisotopic (exact) mass is 530 g/mol. The molecular formula is C20H14Cl2F2N4O5S. The fraction of sp³-hybridized carbons (Fsp3) is 0.200. The fourth-order valence-electron chi connectivity index (χ4n) is 3.26. The molecule has 0 saturated heterocycles. The summed E-state index contributed by atoms with van der Waals surface area (Å²) >= 11 is 13.1. The molecule has 0 aliphatic rings. The first kappa shape index (κ1) is 23.9. The molecular weight excluding hydrogens is 517 g/mol. The number of hydrogen-bond donors (Lipinski definition) is 1. The van der Waals surface area contributed by atoms with Crippen molar-refractivity contribution in [3.8, 4) is 17.0 Å². The van der Waals surface area contributed by atoms with E-state index in [9.17, 15) is 23.2 Å². The zero-order chi connectivity index (χ0) is 24.7. The van der Waals surface area contributed by atoms with E-state index >= 15 is 0 Å². The quantitative estimate of drug-likeness (QED) is 0.403. The highest BCUT2D eigenvalue weighted by atomic mass is 35.5. The average Bonchev–Trinajstić information content (AvgIpc) is 3.40. The number of thiazole rings is 1. The number of hydrogen-bond acceptors (Lipinski definition) is 7. The normalized spacial score (nSPS) is 11.4. The summed E-state index contributed by atoms with van der Waals surface area (Å²) in [6, 6.07) is 2.73. The van der Waals surface area contributed by atoms with Gasteiger partial charge in [-0.05, 0) is 12.1 Å². The van der Waals surface area contributed by atoms with Crippen molar-refractivity contribution in [1.29, 1.82) is 0 Å². The van der Waals surface area contributed by atoms with Crippen LogP contribution in [0.1, 0.15) is 5.56 Å². The maximum Gasteiger partial charge on any atom is 0.387 e. The summed E-state index contributed by atoms with van der Waals surface area (Å²) in [7, 11) is 2.79. The van der Waals surface area contributed by atoms with E-state index in [0.29, 0.717) is 16.8 Å². The summed E-state index contributed by atoms with van der Waals surface area (Å²) in [5.41, 5.74) is 0.0874. The number of carbonyl (C=O) groups is 1. The SMILES string of the molecule is Cn1c(=O)c2c(CC(=O)Nc3nc(-c4cc(Cl)c(OC(F)F)c(Cl)c4)cs3)coc2n(C)c1=O. The number of aromatic nitrogens is 3. The summed E-state index contributed by atoms with van der Waals surface area (Å²) in [5, 5.41) is 4.37. The van der Waals surface area contributed by atoms with E-state index in [4.69, 9.17) is 27.6 Å². The Bertz CT molecular complexity index is 1520. The summed E-state index contributed by atoms with van der Waals surface area (Å²) in [5.74, 6) is -0.821. The molecule has 3 heterocycles. The molecule has 178 valence electrons.